The summed E-state index contributed by atoms with van der Waals surface area (Å²) in [6.07, 6.45) is 1.10. The van der Waals surface area contributed by atoms with E-state index in [1.54, 1.807) is 18.4 Å². The topological polar surface area (TPSA) is 49.3 Å². The standard InChI is InChI=1S/C15H22N4S2/c1-5-12-6-7-13(21-12)8-17-15(16-4)18-9-14-19-10(2)11(3)20-14/h6-7H,5,8-9H2,1-4H3,(H2,16,17,18). The van der Waals surface area contributed by atoms with Crippen LogP contribution in [0, 0.1) is 13.8 Å². The van der Waals surface area contributed by atoms with Gasteiger partial charge in [-0.15, -0.1) is 22.7 Å². The number of hydrogen-bond donors (Lipinski definition) is 2. The zero-order chi connectivity index (χ0) is 15.2. The molecule has 0 saturated carbocycles. The minimum absolute atomic E-state index is 0.712. The van der Waals surface area contributed by atoms with Crippen molar-refractivity contribution >= 4 is 28.6 Å². The van der Waals surface area contributed by atoms with Crippen molar-refractivity contribution in [1.29, 1.82) is 0 Å². The van der Waals surface area contributed by atoms with Crippen molar-refractivity contribution in [3.8, 4) is 0 Å². The number of nitrogens with zero attached hydrogens (tertiary/aromatic N) is 2. The Labute approximate surface area is 134 Å². The predicted molar refractivity (Wildman–Crippen MR) is 92.3 cm³/mol. The third-order valence-corrected chi connectivity index (χ3v) is 5.50. The number of aryl methyl sites for hydroxylation is 3. The van der Waals surface area contributed by atoms with Crippen molar-refractivity contribution in [2.75, 3.05) is 7.05 Å². The first-order valence-electron chi connectivity index (χ1n) is 7.07. The molecule has 0 unspecified atom stereocenters. The van der Waals surface area contributed by atoms with E-state index < -0.39 is 0 Å². The van der Waals surface area contributed by atoms with Crippen molar-refractivity contribution < 1.29 is 0 Å². The third-order valence-electron chi connectivity index (χ3n) is 3.20. The lowest BCUT2D eigenvalue weighted by Gasteiger charge is -2.09. The van der Waals surface area contributed by atoms with Gasteiger partial charge in [-0.1, -0.05) is 6.92 Å². The van der Waals surface area contributed by atoms with E-state index in [1.165, 1.54) is 14.6 Å². The fraction of sp³-hybridized carbons (Fsp3) is 0.467. The van der Waals surface area contributed by atoms with Gasteiger partial charge < -0.3 is 10.6 Å². The van der Waals surface area contributed by atoms with Crippen LogP contribution in [0.1, 0.15) is 32.3 Å². The van der Waals surface area contributed by atoms with Crippen LogP contribution in [0.25, 0.3) is 0 Å². The molecular weight excluding hydrogens is 300 g/mol. The summed E-state index contributed by atoms with van der Waals surface area (Å²) in [5.74, 6) is 0.812. The molecule has 6 heteroatoms. The van der Waals surface area contributed by atoms with E-state index in [2.05, 4.69) is 46.6 Å². The highest BCUT2D eigenvalue weighted by Gasteiger charge is 2.05. The summed E-state index contributed by atoms with van der Waals surface area (Å²) in [5, 5.41) is 7.74. The van der Waals surface area contributed by atoms with Gasteiger partial charge in [-0.3, -0.25) is 4.99 Å². The second kappa shape index (κ2) is 7.56. The Morgan fingerprint density at radius 2 is 1.86 bits per heavy atom. The van der Waals surface area contributed by atoms with Crippen LogP contribution in [0.3, 0.4) is 0 Å². The van der Waals surface area contributed by atoms with Crippen LogP contribution in [-0.2, 0) is 19.5 Å². The molecule has 0 radical (unpaired) electrons. The Morgan fingerprint density at radius 1 is 1.14 bits per heavy atom. The van der Waals surface area contributed by atoms with Gasteiger partial charge in [-0.2, -0.15) is 0 Å². The van der Waals surface area contributed by atoms with Gasteiger partial charge in [0.15, 0.2) is 5.96 Å². The summed E-state index contributed by atoms with van der Waals surface area (Å²) < 4.78 is 0. The Kier molecular flexibility index (Phi) is 5.76. The Hall–Kier alpha value is -1.40. The summed E-state index contributed by atoms with van der Waals surface area (Å²) in [5.41, 5.74) is 1.12. The number of nitrogens with one attached hydrogen (secondary N) is 2. The first-order chi connectivity index (χ1) is 10.1. The predicted octanol–water partition coefficient (Wildman–Crippen LogP) is 3.25. The summed E-state index contributed by atoms with van der Waals surface area (Å²) in [4.78, 5) is 12.8. The largest absolute Gasteiger partial charge is 0.352 e. The van der Waals surface area contributed by atoms with E-state index in [1.807, 2.05) is 18.3 Å². The third kappa shape index (κ3) is 4.54. The van der Waals surface area contributed by atoms with Crippen LogP contribution in [0.5, 0.6) is 0 Å². The smallest absolute Gasteiger partial charge is 0.191 e. The lowest BCUT2D eigenvalue weighted by molar-refractivity contribution is 0.809. The van der Waals surface area contributed by atoms with Crippen LogP contribution in [0.4, 0.5) is 0 Å². The minimum atomic E-state index is 0.712. The van der Waals surface area contributed by atoms with Gasteiger partial charge in [0.25, 0.3) is 0 Å². The molecule has 0 aliphatic carbocycles. The normalized spacial score (nSPS) is 11.7. The number of guanidine groups is 1. The second-order valence-corrected chi connectivity index (χ2v) is 7.29. The van der Waals surface area contributed by atoms with E-state index >= 15 is 0 Å². The molecule has 0 saturated heterocycles. The molecule has 2 aromatic heterocycles. The maximum atomic E-state index is 4.52. The average Bonchev–Trinajstić information content (AvgIpc) is 3.06. The van der Waals surface area contributed by atoms with Gasteiger partial charge in [0.05, 0.1) is 18.8 Å². The lowest BCUT2D eigenvalue weighted by atomic mass is 10.4. The van der Waals surface area contributed by atoms with E-state index in [0.29, 0.717) is 6.54 Å². The number of aliphatic imine (C=N–C) groups is 1. The number of thiophene rings is 1. The molecule has 0 fully saturated rings. The molecule has 2 aromatic rings. The molecule has 0 aliphatic rings. The molecule has 0 amide bonds. The van der Waals surface area contributed by atoms with Crippen LogP contribution in [-0.4, -0.2) is 18.0 Å². The lowest BCUT2D eigenvalue weighted by Crippen LogP contribution is -2.36. The molecule has 2 heterocycles. The van der Waals surface area contributed by atoms with Crippen LogP contribution in [0.15, 0.2) is 17.1 Å². The molecule has 0 spiro atoms. The van der Waals surface area contributed by atoms with E-state index in [9.17, 15) is 0 Å². The van der Waals surface area contributed by atoms with Crippen molar-refractivity contribution in [3.63, 3.8) is 0 Å². The zero-order valence-electron chi connectivity index (χ0n) is 13.0. The summed E-state index contributed by atoms with van der Waals surface area (Å²) in [6.45, 7) is 7.85. The fourth-order valence-corrected chi connectivity index (χ4v) is 3.64. The van der Waals surface area contributed by atoms with E-state index in [-0.39, 0.29) is 0 Å². The highest BCUT2D eigenvalue weighted by atomic mass is 32.1. The Balaban J connectivity index is 1.83. The van der Waals surface area contributed by atoms with E-state index in [0.717, 1.165) is 29.6 Å². The molecule has 2 N–H and O–H groups in total. The van der Waals surface area contributed by atoms with E-state index in [4.69, 9.17) is 0 Å². The Morgan fingerprint density at radius 3 is 2.43 bits per heavy atom. The molecular formula is C15H22N4S2. The number of rotatable bonds is 5. The highest BCUT2D eigenvalue weighted by Crippen LogP contribution is 2.17. The highest BCUT2D eigenvalue weighted by molar-refractivity contribution is 7.12. The molecule has 21 heavy (non-hydrogen) atoms. The molecule has 0 aromatic carbocycles. The maximum Gasteiger partial charge on any atom is 0.191 e. The fourth-order valence-electron chi connectivity index (χ4n) is 1.87. The summed E-state index contributed by atoms with van der Waals surface area (Å²) in [6, 6.07) is 4.37. The molecule has 0 atom stereocenters. The van der Waals surface area contributed by atoms with Gasteiger partial charge >= 0.3 is 0 Å². The monoisotopic (exact) mass is 322 g/mol. The van der Waals surface area contributed by atoms with Gasteiger partial charge in [-0.05, 0) is 32.4 Å². The first-order valence-corrected chi connectivity index (χ1v) is 8.70. The summed E-state index contributed by atoms with van der Waals surface area (Å²) >= 11 is 3.58. The van der Waals surface area contributed by atoms with Crippen molar-refractivity contribution in [3.05, 3.63) is 37.5 Å². The average molecular weight is 323 g/mol. The molecule has 0 aliphatic heterocycles. The molecule has 114 valence electrons. The quantitative estimate of drug-likeness (QED) is 0.656. The number of hydrogen-bond acceptors (Lipinski definition) is 4. The zero-order valence-corrected chi connectivity index (χ0v) is 14.6. The molecule has 2 rings (SSSR count). The first kappa shape index (κ1) is 16.0. The van der Waals surface area contributed by atoms with Crippen LogP contribution >= 0.6 is 22.7 Å². The Bertz CT molecular complexity index is 593. The minimum Gasteiger partial charge on any atom is -0.352 e. The van der Waals surface area contributed by atoms with Gasteiger partial charge in [0.1, 0.15) is 5.01 Å². The summed E-state index contributed by atoms with van der Waals surface area (Å²) in [7, 11) is 1.79. The number of thiazole rings is 1. The van der Waals surface area contributed by atoms with Gasteiger partial charge in [-0.25, -0.2) is 4.98 Å². The van der Waals surface area contributed by atoms with Crippen molar-refractivity contribution in [1.82, 2.24) is 15.6 Å². The van der Waals surface area contributed by atoms with Gasteiger partial charge in [0, 0.05) is 21.7 Å². The van der Waals surface area contributed by atoms with Crippen molar-refractivity contribution in [2.45, 2.75) is 40.3 Å². The molecule has 4 nitrogen and oxygen atoms in total. The van der Waals surface area contributed by atoms with Crippen LogP contribution < -0.4 is 10.6 Å². The SMILES string of the molecule is CCc1ccc(CNC(=NC)NCc2nc(C)c(C)s2)s1. The van der Waals surface area contributed by atoms with Gasteiger partial charge in [0.2, 0.25) is 0 Å². The number of aromatic nitrogens is 1. The maximum absolute atomic E-state index is 4.52. The molecule has 0 bridgehead atoms. The van der Waals surface area contributed by atoms with Crippen LogP contribution in [0.2, 0.25) is 0 Å². The second-order valence-electron chi connectivity index (χ2n) is 4.75. The van der Waals surface area contributed by atoms with Crippen molar-refractivity contribution in [2.24, 2.45) is 4.99 Å².